The minimum Gasteiger partial charge on any atom is -0.305 e. The first kappa shape index (κ1) is 16.2. The number of likely N-dealkylation sites (N-methyl/N-ethyl adjacent to an activating group) is 1. The van der Waals surface area contributed by atoms with Crippen molar-refractivity contribution in [2.45, 2.75) is 45.7 Å². The van der Waals surface area contributed by atoms with E-state index in [2.05, 4.69) is 49.8 Å². The standard InChI is InChI=1S/C18H28N2O/c1-5-16-7-9-17(10-8-16)18(21)15(3)20-12-6-11-19(4)13-14(20)2/h7-10,14-15H,5-6,11-13H2,1-4H3. The van der Waals surface area contributed by atoms with Crippen molar-refractivity contribution in [1.29, 1.82) is 0 Å². The van der Waals surface area contributed by atoms with Gasteiger partial charge in [0.05, 0.1) is 6.04 Å². The second-order valence-corrected chi connectivity index (χ2v) is 6.29. The van der Waals surface area contributed by atoms with Gasteiger partial charge in [0.15, 0.2) is 5.78 Å². The monoisotopic (exact) mass is 288 g/mol. The molecule has 1 aliphatic rings. The molecular formula is C18H28N2O. The van der Waals surface area contributed by atoms with Crippen LogP contribution < -0.4 is 0 Å². The fourth-order valence-corrected chi connectivity index (χ4v) is 3.26. The maximum absolute atomic E-state index is 12.7. The Hall–Kier alpha value is -1.19. The SMILES string of the molecule is CCc1ccc(C(=O)C(C)N2CCCN(C)CC2C)cc1. The molecule has 3 nitrogen and oxygen atoms in total. The van der Waals surface area contributed by atoms with Crippen LogP contribution in [0.3, 0.4) is 0 Å². The third-order valence-corrected chi connectivity index (χ3v) is 4.62. The van der Waals surface area contributed by atoms with Crippen LogP contribution in [0.25, 0.3) is 0 Å². The number of carbonyl (C=O) groups is 1. The zero-order chi connectivity index (χ0) is 15.4. The first-order valence-corrected chi connectivity index (χ1v) is 8.10. The number of nitrogens with zero attached hydrogens (tertiary/aromatic N) is 2. The van der Waals surface area contributed by atoms with Crippen LogP contribution in [0.15, 0.2) is 24.3 Å². The number of hydrogen-bond donors (Lipinski definition) is 0. The van der Waals surface area contributed by atoms with Crippen molar-refractivity contribution in [2.75, 3.05) is 26.7 Å². The maximum atomic E-state index is 12.7. The first-order chi connectivity index (χ1) is 10.0. The third-order valence-electron chi connectivity index (χ3n) is 4.62. The average molecular weight is 288 g/mol. The Morgan fingerprint density at radius 3 is 2.57 bits per heavy atom. The van der Waals surface area contributed by atoms with Gasteiger partial charge in [-0.05, 0) is 45.8 Å². The molecule has 1 saturated heterocycles. The van der Waals surface area contributed by atoms with Crippen molar-refractivity contribution >= 4 is 5.78 Å². The largest absolute Gasteiger partial charge is 0.305 e. The van der Waals surface area contributed by atoms with E-state index in [4.69, 9.17) is 0 Å². The van der Waals surface area contributed by atoms with E-state index >= 15 is 0 Å². The lowest BCUT2D eigenvalue weighted by molar-refractivity contribution is 0.0778. The van der Waals surface area contributed by atoms with Gasteiger partial charge in [0.25, 0.3) is 0 Å². The van der Waals surface area contributed by atoms with E-state index in [1.54, 1.807) is 0 Å². The van der Waals surface area contributed by atoms with Gasteiger partial charge in [-0.25, -0.2) is 0 Å². The van der Waals surface area contributed by atoms with E-state index in [-0.39, 0.29) is 11.8 Å². The van der Waals surface area contributed by atoms with E-state index in [1.165, 1.54) is 5.56 Å². The fourth-order valence-electron chi connectivity index (χ4n) is 3.26. The molecule has 0 bridgehead atoms. The van der Waals surface area contributed by atoms with Gasteiger partial charge in [-0.15, -0.1) is 0 Å². The van der Waals surface area contributed by atoms with Crippen LogP contribution in [0.4, 0.5) is 0 Å². The van der Waals surface area contributed by atoms with Crippen LogP contribution in [-0.4, -0.2) is 54.3 Å². The highest BCUT2D eigenvalue weighted by Gasteiger charge is 2.28. The summed E-state index contributed by atoms with van der Waals surface area (Å²) in [6, 6.07) is 8.47. The topological polar surface area (TPSA) is 23.6 Å². The highest BCUT2D eigenvalue weighted by Crippen LogP contribution is 2.16. The Morgan fingerprint density at radius 2 is 1.95 bits per heavy atom. The van der Waals surface area contributed by atoms with Crippen molar-refractivity contribution in [1.82, 2.24) is 9.80 Å². The second-order valence-electron chi connectivity index (χ2n) is 6.29. The average Bonchev–Trinajstić information content (AvgIpc) is 2.66. The Morgan fingerprint density at radius 1 is 1.29 bits per heavy atom. The lowest BCUT2D eigenvalue weighted by Crippen LogP contribution is -2.46. The van der Waals surface area contributed by atoms with Gasteiger partial charge >= 0.3 is 0 Å². The van der Waals surface area contributed by atoms with Gasteiger partial charge in [0.2, 0.25) is 0 Å². The molecule has 2 rings (SSSR count). The lowest BCUT2D eigenvalue weighted by Gasteiger charge is -2.32. The molecule has 0 aliphatic carbocycles. The molecule has 3 heteroatoms. The van der Waals surface area contributed by atoms with Crippen LogP contribution in [-0.2, 0) is 6.42 Å². The van der Waals surface area contributed by atoms with Crippen molar-refractivity contribution in [3.8, 4) is 0 Å². The summed E-state index contributed by atoms with van der Waals surface area (Å²) in [5.74, 6) is 0.244. The molecule has 0 spiro atoms. The number of Topliss-reactive ketones (excluding diaryl/α,β-unsaturated/α-hetero) is 1. The quantitative estimate of drug-likeness (QED) is 0.796. The van der Waals surface area contributed by atoms with Crippen LogP contribution in [0.2, 0.25) is 0 Å². The molecule has 2 unspecified atom stereocenters. The first-order valence-electron chi connectivity index (χ1n) is 8.10. The van der Waals surface area contributed by atoms with Gasteiger partial charge in [0.1, 0.15) is 0 Å². The van der Waals surface area contributed by atoms with Crippen LogP contribution >= 0.6 is 0 Å². The molecule has 1 aliphatic heterocycles. The van der Waals surface area contributed by atoms with Crippen LogP contribution in [0.1, 0.15) is 43.1 Å². The van der Waals surface area contributed by atoms with Crippen LogP contribution in [0, 0.1) is 0 Å². The highest BCUT2D eigenvalue weighted by molar-refractivity contribution is 5.99. The number of benzene rings is 1. The van der Waals surface area contributed by atoms with E-state index < -0.39 is 0 Å². The molecule has 0 amide bonds. The van der Waals surface area contributed by atoms with Crippen molar-refractivity contribution < 1.29 is 4.79 Å². The van der Waals surface area contributed by atoms with Crippen molar-refractivity contribution in [3.63, 3.8) is 0 Å². The number of hydrogen-bond acceptors (Lipinski definition) is 3. The van der Waals surface area contributed by atoms with E-state index in [0.717, 1.165) is 38.0 Å². The summed E-state index contributed by atoms with van der Waals surface area (Å²) >= 11 is 0. The minimum atomic E-state index is -0.0426. The molecule has 0 N–H and O–H groups in total. The Kier molecular flexibility index (Phi) is 5.54. The molecule has 0 radical (unpaired) electrons. The number of ketones is 1. The highest BCUT2D eigenvalue weighted by atomic mass is 16.1. The van der Waals surface area contributed by atoms with Gasteiger partial charge < -0.3 is 4.90 Å². The lowest BCUT2D eigenvalue weighted by atomic mass is 10.0. The fraction of sp³-hybridized carbons (Fsp3) is 0.611. The second kappa shape index (κ2) is 7.19. The Bertz CT molecular complexity index is 469. The van der Waals surface area contributed by atoms with Crippen molar-refractivity contribution in [3.05, 3.63) is 35.4 Å². The zero-order valence-electron chi connectivity index (χ0n) is 13.8. The van der Waals surface area contributed by atoms with Gasteiger partial charge in [0, 0.05) is 24.7 Å². The van der Waals surface area contributed by atoms with E-state index in [1.807, 2.05) is 12.1 Å². The Labute approximate surface area is 128 Å². The molecular weight excluding hydrogens is 260 g/mol. The van der Waals surface area contributed by atoms with E-state index in [0.29, 0.717) is 6.04 Å². The molecule has 0 aromatic heterocycles. The number of aryl methyl sites for hydroxylation is 1. The number of carbonyl (C=O) groups excluding carboxylic acids is 1. The number of rotatable bonds is 4. The van der Waals surface area contributed by atoms with Gasteiger partial charge in [-0.2, -0.15) is 0 Å². The Balaban J connectivity index is 2.09. The predicted octanol–water partition coefficient (Wildman–Crippen LogP) is 2.85. The molecule has 1 aromatic rings. The molecule has 116 valence electrons. The molecule has 1 heterocycles. The summed E-state index contributed by atoms with van der Waals surface area (Å²) in [5, 5.41) is 0. The molecule has 21 heavy (non-hydrogen) atoms. The molecule has 0 saturated carbocycles. The summed E-state index contributed by atoms with van der Waals surface area (Å²) in [5.41, 5.74) is 2.12. The smallest absolute Gasteiger partial charge is 0.179 e. The normalized spacial score (nSPS) is 22.8. The van der Waals surface area contributed by atoms with Gasteiger partial charge in [-0.3, -0.25) is 9.69 Å². The molecule has 1 fully saturated rings. The van der Waals surface area contributed by atoms with Gasteiger partial charge in [-0.1, -0.05) is 31.2 Å². The summed E-state index contributed by atoms with van der Waals surface area (Å²) in [6.45, 7) is 9.57. The summed E-state index contributed by atoms with van der Waals surface area (Å²) in [4.78, 5) is 17.4. The molecule has 1 aromatic carbocycles. The predicted molar refractivity (Wildman–Crippen MR) is 87.9 cm³/mol. The third kappa shape index (κ3) is 3.92. The maximum Gasteiger partial charge on any atom is 0.179 e. The summed E-state index contributed by atoms with van der Waals surface area (Å²) in [7, 11) is 2.16. The molecule has 2 atom stereocenters. The van der Waals surface area contributed by atoms with Crippen molar-refractivity contribution in [2.24, 2.45) is 0 Å². The minimum absolute atomic E-state index is 0.0426. The van der Waals surface area contributed by atoms with E-state index in [9.17, 15) is 4.79 Å². The summed E-state index contributed by atoms with van der Waals surface area (Å²) in [6.07, 6.45) is 2.15. The van der Waals surface area contributed by atoms with Crippen LogP contribution in [0.5, 0.6) is 0 Å². The zero-order valence-corrected chi connectivity index (χ0v) is 13.8. The summed E-state index contributed by atoms with van der Waals surface area (Å²) < 4.78 is 0.